The SMILES string of the molecule is C[C@@H]1Cc2ccccc2N1C(=O)N[C@H]1CC(=O)N(c2ccc(F)cc2)C1. The van der Waals surface area contributed by atoms with Crippen LogP contribution in [-0.4, -0.2) is 30.6 Å². The van der Waals surface area contributed by atoms with Crippen molar-refractivity contribution in [2.75, 3.05) is 16.3 Å². The van der Waals surface area contributed by atoms with Crippen molar-refractivity contribution >= 4 is 23.3 Å². The van der Waals surface area contributed by atoms with Gasteiger partial charge >= 0.3 is 6.03 Å². The third kappa shape index (κ3) is 2.92. The fraction of sp³-hybridized carbons (Fsp3) is 0.300. The van der Waals surface area contributed by atoms with E-state index in [-0.39, 0.29) is 36.3 Å². The number of nitrogens with zero attached hydrogens (tertiary/aromatic N) is 2. The van der Waals surface area contributed by atoms with Crippen molar-refractivity contribution in [1.82, 2.24) is 5.32 Å². The first-order valence-electron chi connectivity index (χ1n) is 8.76. The van der Waals surface area contributed by atoms with Crippen molar-refractivity contribution in [3.63, 3.8) is 0 Å². The van der Waals surface area contributed by atoms with Crippen LogP contribution in [0, 0.1) is 5.82 Å². The Morgan fingerprint density at radius 1 is 1.12 bits per heavy atom. The molecule has 0 radical (unpaired) electrons. The summed E-state index contributed by atoms with van der Waals surface area (Å²) in [6.45, 7) is 2.41. The number of rotatable bonds is 2. The molecule has 1 fully saturated rings. The summed E-state index contributed by atoms with van der Waals surface area (Å²) in [5, 5.41) is 2.98. The van der Waals surface area contributed by atoms with Gasteiger partial charge in [0.25, 0.3) is 0 Å². The van der Waals surface area contributed by atoms with E-state index in [1.165, 1.54) is 12.1 Å². The number of amides is 3. The van der Waals surface area contributed by atoms with E-state index in [9.17, 15) is 14.0 Å². The molecule has 134 valence electrons. The van der Waals surface area contributed by atoms with Crippen molar-refractivity contribution in [2.24, 2.45) is 0 Å². The molecule has 2 atom stereocenters. The van der Waals surface area contributed by atoms with E-state index in [1.54, 1.807) is 21.9 Å². The van der Waals surface area contributed by atoms with Gasteiger partial charge in [-0.05, 0) is 49.2 Å². The molecule has 4 rings (SSSR count). The third-order valence-corrected chi connectivity index (χ3v) is 5.02. The van der Waals surface area contributed by atoms with E-state index < -0.39 is 0 Å². The van der Waals surface area contributed by atoms with Gasteiger partial charge in [0.2, 0.25) is 5.91 Å². The van der Waals surface area contributed by atoms with Gasteiger partial charge < -0.3 is 10.2 Å². The maximum Gasteiger partial charge on any atom is 0.322 e. The number of nitrogens with one attached hydrogen (secondary N) is 1. The largest absolute Gasteiger partial charge is 0.333 e. The van der Waals surface area contributed by atoms with Crippen LogP contribution in [0.25, 0.3) is 0 Å². The summed E-state index contributed by atoms with van der Waals surface area (Å²) in [5.74, 6) is -0.413. The van der Waals surface area contributed by atoms with Crippen molar-refractivity contribution in [1.29, 1.82) is 0 Å². The lowest BCUT2D eigenvalue weighted by atomic mass is 10.1. The molecule has 0 aromatic heterocycles. The molecule has 0 unspecified atom stereocenters. The minimum atomic E-state index is -0.341. The summed E-state index contributed by atoms with van der Waals surface area (Å²) < 4.78 is 13.1. The maximum atomic E-state index is 13.1. The summed E-state index contributed by atoms with van der Waals surface area (Å²) in [7, 11) is 0. The molecule has 2 aromatic carbocycles. The van der Waals surface area contributed by atoms with Crippen LogP contribution in [0.15, 0.2) is 48.5 Å². The maximum absolute atomic E-state index is 13.1. The van der Waals surface area contributed by atoms with E-state index in [0.29, 0.717) is 12.2 Å². The Bertz CT molecular complexity index is 852. The van der Waals surface area contributed by atoms with Gasteiger partial charge in [-0.1, -0.05) is 18.2 Å². The Kier molecular flexibility index (Phi) is 4.11. The quantitative estimate of drug-likeness (QED) is 0.902. The first kappa shape index (κ1) is 16.6. The van der Waals surface area contributed by atoms with Crippen LogP contribution in [-0.2, 0) is 11.2 Å². The Labute approximate surface area is 151 Å². The lowest BCUT2D eigenvalue weighted by molar-refractivity contribution is -0.117. The molecule has 0 aliphatic carbocycles. The van der Waals surface area contributed by atoms with E-state index in [2.05, 4.69) is 5.32 Å². The summed E-state index contributed by atoms with van der Waals surface area (Å²) in [6.07, 6.45) is 1.07. The molecule has 2 heterocycles. The number of carbonyl (C=O) groups is 2. The average molecular weight is 353 g/mol. The number of fused-ring (bicyclic) bond motifs is 1. The molecule has 0 saturated carbocycles. The molecule has 1 saturated heterocycles. The van der Waals surface area contributed by atoms with Crippen LogP contribution < -0.4 is 15.1 Å². The first-order chi connectivity index (χ1) is 12.5. The Balaban J connectivity index is 1.46. The van der Waals surface area contributed by atoms with Crippen LogP contribution in [0.3, 0.4) is 0 Å². The number of hydrogen-bond donors (Lipinski definition) is 1. The highest BCUT2D eigenvalue weighted by Gasteiger charge is 2.35. The van der Waals surface area contributed by atoms with Gasteiger partial charge in [-0.15, -0.1) is 0 Å². The molecule has 2 aromatic rings. The van der Waals surface area contributed by atoms with E-state index >= 15 is 0 Å². The predicted octanol–water partition coefficient (Wildman–Crippen LogP) is 3.09. The predicted molar refractivity (Wildman–Crippen MR) is 97.8 cm³/mol. The minimum Gasteiger partial charge on any atom is -0.333 e. The smallest absolute Gasteiger partial charge is 0.322 e. The van der Waals surface area contributed by atoms with Crippen molar-refractivity contribution < 1.29 is 14.0 Å². The van der Waals surface area contributed by atoms with E-state index in [0.717, 1.165) is 17.7 Å². The molecule has 26 heavy (non-hydrogen) atoms. The van der Waals surface area contributed by atoms with Gasteiger partial charge in [0.1, 0.15) is 5.82 Å². The number of halogens is 1. The monoisotopic (exact) mass is 353 g/mol. The molecule has 0 spiro atoms. The highest BCUT2D eigenvalue weighted by atomic mass is 19.1. The summed E-state index contributed by atoms with van der Waals surface area (Å²) in [4.78, 5) is 28.5. The van der Waals surface area contributed by atoms with Crippen molar-refractivity contribution in [3.8, 4) is 0 Å². The molecule has 5 nitrogen and oxygen atoms in total. The minimum absolute atomic E-state index is 0.0724. The zero-order valence-corrected chi connectivity index (χ0v) is 14.5. The number of benzene rings is 2. The molecule has 1 N–H and O–H groups in total. The molecule has 0 bridgehead atoms. The molecular formula is C20H20FN3O2. The normalized spacial score (nSPS) is 21.8. The second kappa shape index (κ2) is 6.44. The standard InChI is InChI=1S/C20H20FN3O2/c1-13-10-14-4-2-3-5-18(14)24(13)20(26)22-16-11-19(25)23(12-16)17-8-6-15(21)7-9-17/h2-9,13,16H,10-12H2,1H3,(H,22,26)/t13-,16+/m1/s1. The average Bonchev–Trinajstić information content (AvgIpc) is 3.14. The fourth-order valence-electron chi connectivity index (χ4n) is 3.79. The summed E-state index contributed by atoms with van der Waals surface area (Å²) in [6, 6.07) is 13.3. The zero-order chi connectivity index (χ0) is 18.3. The number of hydrogen-bond acceptors (Lipinski definition) is 2. The Morgan fingerprint density at radius 2 is 1.85 bits per heavy atom. The lowest BCUT2D eigenvalue weighted by Crippen LogP contribution is -2.48. The Hall–Kier alpha value is -2.89. The van der Waals surface area contributed by atoms with Crippen LogP contribution in [0.1, 0.15) is 18.9 Å². The lowest BCUT2D eigenvalue weighted by Gasteiger charge is -2.25. The number of urea groups is 1. The number of para-hydroxylation sites is 1. The van der Waals surface area contributed by atoms with Gasteiger partial charge in [-0.2, -0.15) is 0 Å². The van der Waals surface area contributed by atoms with Crippen molar-refractivity contribution in [3.05, 3.63) is 59.9 Å². The summed E-state index contributed by atoms with van der Waals surface area (Å²) >= 11 is 0. The summed E-state index contributed by atoms with van der Waals surface area (Å²) in [5.41, 5.74) is 2.73. The zero-order valence-electron chi connectivity index (χ0n) is 14.5. The number of anilines is 2. The van der Waals surface area contributed by atoms with E-state index in [1.807, 2.05) is 31.2 Å². The highest BCUT2D eigenvalue weighted by molar-refractivity contribution is 5.99. The molecule has 6 heteroatoms. The van der Waals surface area contributed by atoms with Gasteiger partial charge in [0.15, 0.2) is 0 Å². The molecule has 3 amide bonds. The second-order valence-electron chi connectivity index (χ2n) is 6.88. The van der Waals surface area contributed by atoms with Gasteiger partial charge in [0.05, 0.1) is 6.04 Å². The first-order valence-corrected chi connectivity index (χ1v) is 8.76. The number of carbonyl (C=O) groups excluding carboxylic acids is 2. The van der Waals surface area contributed by atoms with Crippen LogP contribution in [0.5, 0.6) is 0 Å². The highest BCUT2D eigenvalue weighted by Crippen LogP contribution is 2.32. The van der Waals surface area contributed by atoms with Gasteiger partial charge in [0, 0.05) is 30.4 Å². The molecular weight excluding hydrogens is 333 g/mol. The fourth-order valence-corrected chi connectivity index (χ4v) is 3.79. The van der Waals surface area contributed by atoms with Crippen molar-refractivity contribution in [2.45, 2.75) is 31.8 Å². The Morgan fingerprint density at radius 3 is 2.62 bits per heavy atom. The molecule has 2 aliphatic rings. The van der Waals surface area contributed by atoms with Crippen LogP contribution in [0.4, 0.5) is 20.6 Å². The third-order valence-electron chi connectivity index (χ3n) is 5.02. The second-order valence-corrected chi connectivity index (χ2v) is 6.88. The van der Waals surface area contributed by atoms with Crippen LogP contribution in [0.2, 0.25) is 0 Å². The topological polar surface area (TPSA) is 52.7 Å². The van der Waals surface area contributed by atoms with E-state index in [4.69, 9.17) is 0 Å². The van der Waals surface area contributed by atoms with Gasteiger partial charge in [-0.25, -0.2) is 9.18 Å². The van der Waals surface area contributed by atoms with Gasteiger partial charge in [-0.3, -0.25) is 9.69 Å². The van der Waals surface area contributed by atoms with Crippen LogP contribution >= 0.6 is 0 Å². The molecule has 2 aliphatic heterocycles.